The van der Waals surface area contributed by atoms with Crippen LogP contribution in [0.1, 0.15) is 24.3 Å². The normalized spacial score (nSPS) is 9.86. The fourth-order valence-electron chi connectivity index (χ4n) is 1.20. The van der Waals surface area contributed by atoms with Gasteiger partial charge in [0.05, 0.1) is 11.9 Å². The van der Waals surface area contributed by atoms with Crippen molar-refractivity contribution in [3.63, 3.8) is 0 Å². The molecule has 4 heteroatoms. The predicted molar refractivity (Wildman–Crippen MR) is 55.9 cm³/mol. The van der Waals surface area contributed by atoms with E-state index in [-0.39, 0.29) is 5.91 Å². The molecule has 0 unspecified atom stereocenters. The van der Waals surface area contributed by atoms with Gasteiger partial charge >= 0.3 is 0 Å². The highest BCUT2D eigenvalue weighted by molar-refractivity contribution is 5.92. The highest BCUT2D eigenvalue weighted by Crippen LogP contribution is 2.04. The number of anilines is 1. The number of nitrogens with zero attached hydrogens (tertiary/aromatic N) is 2. The molecule has 0 radical (unpaired) electrons. The Morgan fingerprint density at radius 1 is 1.43 bits per heavy atom. The third-order valence-electron chi connectivity index (χ3n) is 2.06. The Labute approximate surface area is 83.7 Å². The molecule has 14 heavy (non-hydrogen) atoms. The minimum absolute atomic E-state index is 0.0463. The molecule has 0 atom stereocenters. The molecule has 0 bridgehead atoms. The van der Waals surface area contributed by atoms with E-state index in [9.17, 15) is 4.79 Å². The molecule has 0 saturated carbocycles. The Bertz CT molecular complexity index is 304. The molecule has 4 nitrogen and oxygen atoms in total. The molecule has 0 fully saturated rings. The van der Waals surface area contributed by atoms with Gasteiger partial charge < -0.3 is 10.6 Å². The Morgan fingerprint density at radius 3 is 2.50 bits per heavy atom. The smallest absolute Gasteiger partial charge is 0.272 e. The molecule has 1 aromatic heterocycles. The number of pyridine rings is 1. The van der Waals surface area contributed by atoms with Gasteiger partial charge in [0.25, 0.3) is 5.91 Å². The number of hydrogen-bond acceptors (Lipinski definition) is 3. The van der Waals surface area contributed by atoms with Crippen molar-refractivity contribution in [1.29, 1.82) is 0 Å². The number of nitrogens with two attached hydrogens (primary N) is 1. The lowest BCUT2D eigenvalue weighted by Gasteiger charge is -2.17. The number of carbonyl (C=O) groups excluding carboxylic acids is 1. The number of hydrogen-bond donors (Lipinski definition) is 1. The SMILES string of the molecule is CCN(CC)C(=O)c1ccc(N)cn1. The van der Waals surface area contributed by atoms with Crippen LogP contribution >= 0.6 is 0 Å². The summed E-state index contributed by atoms with van der Waals surface area (Å²) < 4.78 is 0. The van der Waals surface area contributed by atoms with Gasteiger partial charge in [-0.05, 0) is 26.0 Å². The molecular weight excluding hydrogens is 178 g/mol. The van der Waals surface area contributed by atoms with Crippen LogP contribution in [0.5, 0.6) is 0 Å². The molecule has 1 aromatic rings. The first kappa shape index (κ1) is 10.5. The van der Waals surface area contributed by atoms with Crippen molar-refractivity contribution in [3.8, 4) is 0 Å². The predicted octanol–water partition coefficient (Wildman–Crippen LogP) is 1.15. The summed E-state index contributed by atoms with van der Waals surface area (Å²) >= 11 is 0. The van der Waals surface area contributed by atoms with E-state index in [0.717, 1.165) is 0 Å². The molecule has 1 amide bonds. The molecule has 2 N–H and O–H groups in total. The summed E-state index contributed by atoms with van der Waals surface area (Å²) in [6, 6.07) is 3.33. The largest absolute Gasteiger partial charge is 0.397 e. The van der Waals surface area contributed by atoms with Gasteiger partial charge in [-0.1, -0.05) is 0 Å². The first-order valence-corrected chi connectivity index (χ1v) is 4.69. The fraction of sp³-hybridized carbons (Fsp3) is 0.400. The highest BCUT2D eigenvalue weighted by Gasteiger charge is 2.12. The van der Waals surface area contributed by atoms with Crippen LogP contribution in [0.15, 0.2) is 18.3 Å². The topological polar surface area (TPSA) is 59.2 Å². The third-order valence-corrected chi connectivity index (χ3v) is 2.06. The van der Waals surface area contributed by atoms with E-state index in [1.54, 1.807) is 17.0 Å². The number of carbonyl (C=O) groups is 1. The van der Waals surface area contributed by atoms with E-state index in [4.69, 9.17) is 5.73 Å². The monoisotopic (exact) mass is 193 g/mol. The van der Waals surface area contributed by atoms with E-state index in [0.29, 0.717) is 24.5 Å². The summed E-state index contributed by atoms with van der Waals surface area (Å²) in [5.74, 6) is -0.0463. The standard InChI is InChI=1S/C10H15N3O/c1-3-13(4-2)10(14)9-6-5-8(11)7-12-9/h5-7H,3-4,11H2,1-2H3. The summed E-state index contributed by atoms with van der Waals surface area (Å²) in [4.78, 5) is 17.4. The number of rotatable bonds is 3. The van der Waals surface area contributed by atoms with Gasteiger partial charge in [-0.25, -0.2) is 4.98 Å². The van der Waals surface area contributed by atoms with Gasteiger partial charge in [0, 0.05) is 13.1 Å². The lowest BCUT2D eigenvalue weighted by molar-refractivity contribution is 0.0767. The Hall–Kier alpha value is -1.58. The van der Waals surface area contributed by atoms with Crippen molar-refractivity contribution in [2.75, 3.05) is 18.8 Å². The van der Waals surface area contributed by atoms with Gasteiger partial charge in [-0.2, -0.15) is 0 Å². The van der Waals surface area contributed by atoms with E-state index >= 15 is 0 Å². The molecule has 1 heterocycles. The summed E-state index contributed by atoms with van der Waals surface area (Å²) in [6.45, 7) is 5.28. The maximum Gasteiger partial charge on any atom is 0.272 e. The zero-order chi connectivity index (χ0) is 10.6. The van der Waals surface area contributed by atoms with Crippen LogP contribution in [-0.2, 0) is 0 Å². The Morgan fingerprint density at radius 2 is 2.07 bits per heavy atom. The van der Waals surface area contributed by atoms with E-state index in [2.05, 4.69) is 4.98 Å². The van der Waals surface area contributed by atoms with E-state index in [1.807, 2.05) is 13.8 Å². The van der Waals surface area contributed by atoms with Crippen LogP contribution in [0, 0.1) is 0 Å². The van der Waals surface area contributed by atoms with E-state index < -0.39 is 0 Å². The minimum atomic E-state index is -0.0463. The second kappa shape index (κ2) is 4.60. The van der Waals surface area contributed by atoms with Crippen molar-refractivity contribution in [3.05, 3.63) is 24.0 Å². The van der Waals surface area contributed by atoms with Crippen molar-refractivity contribution in [2.45, 2.75) is 13.8 Å². The van der Waals surface area contributed by atoms with Crippen LogP contribution in [0.4, 0.5) is 5.69 Å². The zero-order valence-electron chi connectivity index (χ0n) is 8.53. The van der Waals surface area contributed by atoms with Gasteiger partial charge in [0.1, 0.15) is 5.69 Å². The van der Waals surface area contributed by atoms with E-state index in [1.165, 1.54) is 6.20 Å². The van der Waals surface area contributed by atoms with Crippen LogP contribution in [0.25, 0.3) is 0 Å². The average Bonchev–Trinajstić information content (AvgIpc) is 2.20. The second-order valence-electron chi connectivity index (χ2n) is 2.95. The minimum Gasteiger partial charge on any atom is -0.397 e. The molecule has 0 aliphatic carbocycles. The molecule has 0 saturated heterocycles. The molecule has 76 valence electrons. The number of aromatic nitrogens is 1. The molecule has 0 spiro atoms. The molecular formula is C10H15N3O. The fourth-order valence-corrected chi connectivity index (χ4v) is 1.20. The van der Waals surface area contributed by atoms with Gasteiger partial charge in [-0.15, -0.1) is 0 Å². The summed E-state index contributed by atoms with van der Waals surface area (Å²) in [5.41, 5.74) is 6.50. The average molecular weight is 193 g/mol. The van der Waals surface area contributed by atoms with Crippen LogP contribution in [0.2, 0.25) is 0 Å². The Balaban J connectivity index is 2.83. The zero-order valence-corrected chi connectivity index (χ0v) is 8.53. The van der Waals surface area contributed by atoms with Gasteiger partial charge in [-0.3, -0.25) is 4.79 Å². The molecule has 0 aliphatic rings. The first-order chi connectivity index (χ1) is 6.69. The highest BCUT2D eigenvalue weighted by atomic mass is 16.2. The van der Waals surface area contributed by atoms with Gasteiger partial charge in [0.2, 0.25) is 0 Å². The summed E-state index contributed by atoms with van der Waals surface area (Å²) in [7, 11) is 0. The third kappa shape index (κ3) is 2.22. The lowest BCUT2D eigenvalue weighted by atomic mass is 10.3. The van der Waals surface area contributed by atoms with Crippen molar-refractivity contribution in [1.82, 2.24) is 9.88 Å². The maximum atomic E-state index is 11.7. The second-order valence-corrected chi connectivity index (χ2v) is 2.95. The molecule has 0 aliphatic heterocycles. The van der Waals surface area contributed by atoms with Crippen LogP contribution < -0.4 is 5.73 Å². The Kier molecular flexibility index (Phi) is 3.45. The van der Waals surface area contributed by atoms with Crippen LogP contribution in [-0.4, -0.2) is 28.9 Å². The maximum absolute atomic E-state index is 11.7. The van der Waals surface area contributed by atoms with Crippen molar-refractivity contribution in [2.24, 2.45) is 0 Å². The summed E-state index contributed by atoms with van der Waals surface area (Å²) in [5, 5.41) is 0. The van der Waals surface area contributed by atoms with Crippen molar-refractivity contribution >= 4 is 11.6 Å². The quantitative estimate of drug-likeness (QED) is 0.783. The molecule has 1 rings (SSSR count). The number of amides is 1. The first-order valence-electron chi connectivity index (χ1n) is 4.69. The number of nitrogen functional groups attached to an aromatic ring is 1. The van der Waals surface area contributed by atoms with Gasteiger partial charge in [0.15, 0.2) is 0 Å². The van der Waals surface area contributed by atoms with Crippen molar-refractivity contribution < 1.29 is 4.79 Å². The van der Waals surface area contributed by atoms with Crippen LogP contribution in [0.3, 0.4) is 0 Å². The lowest BCUT2D eigenvalue weighted by Crippen LogP contribution is -2.31. The summed E-state index contributed by atoms with van der Waals surface area (Å²) in [6.07, 6.45) is 1.50. The molecule has 0 aromatic carbocycles.